The minimum Gasteiger partial charge on any atom is -0.502 e. The molecule has 4 rings (SSSR count). The average molecular weight is 644 g/mol. The van der Waals surface area contributed by atoms with E-state index in [0.29, 0.717) is 43.6 Å². The van der Waals surface area contributed by atoms with Crippen LogP contribution >= 0.6 is 0 Å². The quantitative estimate of drug-likeness (QED) is 0.0531. The lowest BCUT2D eigenvalue weighted by molar-refractivity contribution is -0.126. The van der Waals surface area contributed by atoms with Crippen LogP contribution < -0.4 is 20.1 Å². The van der Waals surface area contributed by atoms with Crippen molar-refractivity contribution in [3.63, 3.8) is 0 Å². The van der Waals surface area contributed by atoms with Crippen molar-refractivity contribution in [2.75, 3.05) is 44.3 Å². The number of phenolic OH excluding ortho intramolecular Hbond substituents is 1. The molecule has 2 aromatic carbocycles. The lowest BCUT2D eigenvalue weighted by atomic mass is 10.1. The van der Waals surface area contributed by atoms with Gasteiger partial charge in [0.15, 0.2) is 11.5 Å². The molecule has 0 bridgehead atoms. The molecule has 9 heteroatoms. The van der Waals surface area contributed by atoms with Gasteiger partial charge in [0.1, 0.15) is 5.84 Å². The molecule has 0 aliphatic carbocycles. The van der Waals surface area contributed by atoms with Gasteiger partial charge >= 0.3 is 0 Å². The maximum atomic E-state index is 13.2. The summed E-state index contributed by atoms with van der Waals surface area (Å²) >= 11 is 0. The molecule has 1 fully saturated rings. The number of nitrogens with one attached hydrogen (secondary N) is 1. The zero-order chi connectivity index (χ0) is 33.3. The SMILES string of the molecule is CCCCCCCOc1cc(/C=C/C(=O)N2CCN(c3ccc(N=C(N)c4ccc[nH]4)cc3)CC2)cc(OCCCCCCC)c1O. The first-order valence-electron chi connectivity index (χ1n) is 17.4. The van der Waals surface area contributed by atoms with Gasteiger partial charge in [-0.05, 0) is 73.0 Å². The number of aromatic hydroxyl groups is 1. The number of carbonyl (C=O) groups excluding carboxylic acids is 1. The molecule has 1 aromatic heterocycles. The van der Waals surface area contributed by atoms with Crippen LogP contribution in [0.4, 0.5) is 11.4 Å². The largest absolute Gasteiger partial charge is 0.502 e. The average Bonchev–Trinajstić information content (AvgIpc) is 3.64. The molecule has 0 radical (unpaired) electrons. The molecule has 3 aromatic rings. The third kappa shape index (κ3) is 11.4. The zero-order valence-electron chi connectivity index (χ0n) is 28.3. The summed E-state index contributed by atoms with van der Waals surface area (Å²) in [5.74, 6) is 1.22. The summed E-state index contributed by atoms with van der Waals surface area (Å²) in [4.78, 5) is 24.9. The minimum absolute atomic E-state index is 0.0236. The third-order valence-corrected chi connectivity index (χ3v) is 8.42. The van der Waals surface area contributed by atoms with E-state index in [2.05, 4.69) is 28.7 Å². The van der Waals surface area contributed by atoms with Crippen LogP contribution in [0.5, 0.6) is 17.2 Å². The smallest absolute Gasteiger partial charge is 0.246 e. The number of aromatic nitrogens is 1. The van der Waals surface area contributed by atoms with Gasteiger partial charge in [-0.15, -0.1) is 0 Å². The Hall–Kier alpha value is -4.40. The van der Waals surface area contributed by atoms with Crippen LogP contribution in [0.15, 0.2) is 65.8 Å². The van der Waals surface area contributed by atoms with E-state index in [0.717, 1.165) is 61.4 Å². The molecular formula is C38H53N5O4. The number of benzene rings is 2. The molecule has 254 valence electrons. The molecule has 0 saturated carbocycles. The fourth-order valence-electron chi connectivity index (χ4n) is 5.58. The molecule has 4 N–H and O–H groups in total. The van der Waals surface area contributed by atoms with Crippen LogP contribution in [0, 0.1) is 0 Å². The predicted octanol–water partition coefficient (Wildman–Crippen LogP) is 7.82. The van der Waals surface area contributed by atoms with E-state index in [4.69, 9.17) is 15.2 Å². The number of amides is 1. The second-order valence-electron chi connectivity index (χ2n) is 12.1. The Labute approximate surface area is 280 Å². The Morgan fingerprint density at radius 3 is 2.02 bits per heavy atom. The molecule has 0 spiro atoms. The summed E-state index contributed by atoms with van der Waals surface area (Å²) in [7, 11) is 0. The van der Waals surface area contributed by atoms with E-state index in [9.17, 15) is 9.90 Å². The van der Waals surface area contributed by atoms with Crippen molar-refractivity contribution in [3.8, 4) is 17.2 Å². The highest BCUT2D eigenvalue weighted by Gasteiger charge is 2.20. The summed E-state index contributed by atoms with van der Waals surface area (Å²) in [6, 6.07) is 15.3. The van der Waals surface area contributed by atoms with E-state index in [1.54, 1.807) is 24.3 Å². The molecule has 1 saturated heterocycles. The van der Waals surface area contributed by atoms with E-state index < -0.39 is 0 Å². The molecule has 0 unspecified atom stereocenters. The summed E-state index contributed by atoms with van der Waals surface area (Å²) in [6.07, 6.45) is 16.5. The van der Waals surface area contributed by atoms with Crippen molar-refractivity contribution in [2.45, 2.75) is 78.1 Å². The van der Waals surface area contributed by atoms with Crippen LogP contribution in [0.1, 0.15) is 89.3 Å². The number of anilines is 1. The van der Waals surface area contributed by atoms with Gasteiger partial charge < -0.3 is 35.1 Å². The number of hydrogen-bond donors (Lipinski definition) is 3. The number of hydrogen-bond acceptors (Lipinski definition) is 6. The van der Waals surface area contributed by atoms with Gasteiger partial charge in [-0.25, -0.2) is 4.99 Å². The van der Waals surface area contributed by atoms with Gasteiger partial charge in [-0.3, -0.25) is 4.79 Å². The van der Waals surface area contributed by atoms with Gasteiger partial charge in [-0.1, -0.05) is 65.2 Å². The predicted molar refractivity (Wildman–Crippen MR) is 192 cm³/mol. The van der Waals surface area contributed by atoms with Gasteiger partial charge in [0.2, 0.25) is 11.7 Å². The Kier molecular flexibility index (Phi) is 14.6. The molecule has 1 aliphatic rings. The maximum absolute atomic E-state index is 13.2. The summed E-state index contributed by atoms with van der Waals surface area (Å²) in [5, 5.41) is 10.9. The van der Waals surface area contributed by atoms with E-state index in [1.807, 2.05) is 47.5 Å². The maximum Gasteiger partial charge on any atom is 0.246 e. The number of unbranched alkanes of at least 4 members (excludes halogenated alkanes) is 8. The monoisotopic (exact) mass is 643 g/mol. The Balaban J connectivity index is 1.32. The zero-order valence-corrected chi connectivity index (χ0v) is 28.3. The highest BCUT2D eigenvalue weighted by atomic mass is 16.5. The van der Waals surface area contributed by atoms with Crippen LogP contribution in [-0.4, -0.2) is 66.1 Å². The van der Waals surface area contributed by atoms with Crippen molar-refractivity contribution >= 4 is 29.2 Å². The van der Waals surface area contributed by atoms with Crippen LogP contribution in [0.25, 0.3) is 6.08 Å². The first-order chi connectivity index (χ1) is 23.0. The Morgan fingerprint density at radius 1 is 0.872 bits per heavy atom. The summed E-state index contributed by atoms with van der Waals surface area (Å²) in [5.41, 5.74) is 9.52. The van der Waals surface area contributed by atoms with Crippen LogP contribution in [-0.2, 0) is 4.79 Å². The van der Waals surface area contributed by atoms with Gasteiger partial charge in [-0.2, -0.15) is 0 Å². The minimum atomic E-state index is -0.0426. The van der Waals surface area contributed by atoms with Crippen molar-refractivity contribution in [1.29, 1.82) is 0 Å². The van der Waals surface area contributed by atoms with Crippen molar-refractivity contribution < 1.29 is 19.4 Å². The third-order valence-electron chi connectivity index (χ3n) is 8.42. The lowest BCUT2D eigenvalue weighted by Crippen LogP contribution is -2.48. The molecular weight excluding hydrogens is 590 g/mol. The van der Waals surface area contributed by atoms with Crippen molar-refractivity contribution in [1.82, 2.24) is 9.88 Å². The number of amidine groups is 1. The van der Waals surface area contributed by atoms with E-state index in [-0.39, 0.29) is 11.7 Å². The number of aromatic amines is 1. The fraction of sp³-hybridized carbons (Fsp3) is 0.474. The van der Waals surface area contributed by atoms with E-state index in [1.165, 1.54) is 38.5 Å². The number of carbonyl (C=O) groups is 1. The number of aliphatic imine (C=N–C) groups is 1. The first-order valence-corrected chi connectivity index (χ1v) is 17.4. The number of nitrogens with zero attached hydrogens (tertiary/aromatic N) is 3. The molecule has 47 heavy (non-hydrogen) atoms. The summed E-state index contributed by atoms with van der Waals surface area (Å²) in [6.45, 7) is 8.17. The van der Waals surface area contributed by atoms with Crippen molar-refractivity contribution in [2.24, 2.45) is 10.7 Å². The number of piperazine rings is 1. The van der Waals surface area contributed by atoms with Gasteiger partial charge in [0, 0.05) is 44.1 Å². The summed E-state index contributed by atoms with van der Waals surface area (Å²) < 4.78 is 12.0. The van der Waals surface area contributed by atoms with Gasteiger partial charge in [0.25, 0.3) is 0 Å². The second kappa shape index (κ2) is 19.3. The molecule has 1 aliphatic heterocycles. The first kappa shape index (κ1) is 35.5. The van der Waals surface area contributed by atoms with E-state index >= 15 is 0 Å². The van der Waals surface area contributed by atoms with Gasteiger partial charge in [0.05, 0.1) is 24.6 Å². The number of H-pyrrole nitrogens is 1. The number of ether oxygens (including phenoxy) is 2. The second-order valence-corrected chi connectivity index (χ2v) is 12.1. The normalized spacial score (nSPS) is 13.8. The Bertz CT molecular complexity index is 1370. The van der Waals surface area contributed by atoms with Crippen molar-refractivity contribution in [3.05, 3.63) is 72.1 Å². The standard InChI is InChI=1S/C38H53N5O4/c1-3-5-7-9-11-26-46-34-28-30(29-35(37(34)45)47-27-12-10-8-6-4-2)15-20-36(44)43-24-22-42(23-25-43)32-18-16-31(17-19-32)41-38(39)33-14-13-21-40-33/h13-21,28-29,40,45H,3-12,22-27H2,1-2H3,(H2,39,41)/b20-15+. The van der Waals surface area contributed by atoms with Crippen LogP contribution in [0.3, 0.4) is 0 Å². The lowest BCUT2D eigenvalue weighted by Gasteiger charge is -2.35. The molecule has 1 amide bonds. The Morgan fingerprint density at radius 2 is 1.47 bits per heavy atom. The number of phenols is 1. The molecule has 9 nitrogen and oxygen atoms in total. The highest BCUT2D eigenvalue weighted by molar-refractivity contribution is 5.97. The molecule has 0 atom stereocenters. The highest BCUT2D eigenvalue weighted by Crippen LogP contribution is 2.38. The topological polar surface area (TPSA) is 116 Å². The van der Waals surface area contributed by atoms with Crippen LogP contribution in [0.2, 0.25) is 0 Å². The fourth-order valence-corrected chi connectivity index (χ4v) is 5.58. The molecule has 2 heterocycles. The number of rotatable bonds is 19. The number of nitrogens with two attached hydrogens (primary N) is 1.